The van der Waals surface area contributed by atoms with E-state index < -0.39 is 0 Å². The van der Waals surface area contributed by atoms with Crippen LogP contribution in [0, 0.1) is 0 Å². The van der Waals surface area contributed by atoms with E-state index >= 15 is 0 Å². The minimum atomic E-state index is 0.118. The fourth-order valence-corrected chi connectivity index (χ4v) is 3.19. The molecule has 2 heterocycles. The van der Waals surface area contributed by atoms with Crippen LogP contribution in [0.25, 0.3) is 10.8 Å². The molecular formula is C13H13NO2S. The first-order valence-corrected chi connectivity index (χ1v) is 6.62. The van der Waals surface area contributed by atoms with Gasteiger partial charge in [0.15, 0.2) is 0 Å². The number of methoxy groups -OCH3 is 1. The summed E-state index contributed by atoms with van der Waals surface area (Å²) < 4.78 is 7.07. The SMILES string of the molecule is COc1ccc2c(=O)n3c(cc2c1)SCCC3. The van der Waals surface area contributed by atoms with Crippen molar-refractivity contribution in [2.45, 2.75) is 18.0 Å². The fraction of sp³-hybridized carbons (Fsp3) is 0.308. The Labute approximate surface area is 103 Å². The van der Waals surface area contributed by atoms with Crippen molar-refractivity contribution in [3.05, 3.63) is 34.6 Å². The van der Waals surface area contributed by atoms with Gasteiger partial charge in [-0.25, -0.2) is 0 Å². The van der Waals surface area contributed by atoms with E-state index in [1.54, 1.807) is 18.9 Å². The van der Waals surface area contributed by atoms with Gasteiger partial charge in [-0.1, -0.05) is 0 Å². The molecule has 0 saturated carbocycles. The number of fused-ring (bicyclic) bond motifs is 2. The lowest BCUT2D eigenvalue weighted by Gasteiger charge is -2.18. The molecule has 0 N–H and O–H groups in total. The molecule has 0 atom stereocenters. The van der Waals surface area contributed by atoms with E-state index in [0.29, 0.717) is 0 Å². The van der Waals surface area contributed by atoms with Crippen molar-refractivity contribution in [2.24, 2.45) is 0 Å². The number of benzene rings is 1. The molecule has 0 aliphatic carbocycles. The predicted molar refractivity (Wildman–Crippen MR) is 70.1 cm³/mol. The van der Waals surface area contributed by atoms with Gasteiger partial charge < -0.3 is 9.30 Å². The molecule has 4 heteroatoms. The molecule has 0 unspecified atom stereocenters. The lowest BCUT2D eigenvalue weighted by Crippen LogP contribution is -2.24. The van der Waals surface area contributed by atoms with Crippen molar-refractivity contribution in [1.29, 1.82) is 0 Å². The van der Waals surface area contributed by atoms with Crippen molar-refractivity contribution in [1.82, 2.24) is 4.57 Å². The van der Waals surface area contributed by atoms with Crippen molar-refractivity contribution >= 4 is 22.5 Å². The summed E-state index contributed by atoms with van der Waals surface area (Å²) in [5.74, 6) is 1.89. The van der Waals surface area contributed by atoms with Gasteiger partial charge in [-0.3, -0.25) is 4.79 Å². The first-order chi connectivity index (χ1) is 8.29. The summed E-state index contributed by atoms with van der Waals surface area (Å²) >= 11 is 1.75. The van der Waals surface area contributed by atoms with Gasteiger partial charge in [-0.2, -0.15) is 0 Å². The highest BCUT2D eigenvalue weighted by Crippen LogP contribution is 2.27. The van der Waals surface area contributed by atoms with Crippen molar-refractivity contribution < 1.29 is 4.74 Å². The Morgan fingerprint density at radius 2 is 2.24 bits per heavy atom. The summed E-state index contributed by atoms with van der Waals surface area (Å²) in [5, 5.41) is 2.81. The molecule has 0 spiro atoms. The number of nitrogens with zero attached hydrogens (tertiary/aromatic N) is 1. The van der Waals surface area contributed by atoms with Gasteiger partial charge in [0.25, 0.3) is 5.56 Å². The Kier molecular flexibility index (Phi) is 2.59. The third-order valence-corrected chi connectivity index (χ3v) is 4.18. The highest BCUT2D eigenvalue weighted by molar-refractivity contribution is 7.99. The Bertz CT molecular complexity index is 633. The molecule has 1 aliphatic rings. The zero-order valence-electron chi connectivity index (χ0n) is 9.60. The summed E-state index contributed by atoms with van der Waals surface area (Å²) in [6.07, 6.45) is 1.07. The van der Waals surface area contributed by atoms with Crippen LogP contribution in [-0.2, 0) is 6.54 Å². The molecule has 1 aliphatic heterocycles. The van der Waals surface area contributed by atoms with Crippen LogP contribution < -0.4 is 10.3 Å². The third kappa shape index (κ3) is 1.72. The molecule has 2 aromatic rings. The zero-order valence-corrected chi connectivity index (χ0v) is 10.4. The fourth-order valence-electron chi connectivity index (χ4n) is 2.17. The number of aromatic nitrogens is 1. The predicted octanol–water partition coefficient (Wildman–Crippen LogP) is 2.51. The van der Waals surface area contributed by atoms with E-state index in [1.165, 1.54) is 0 Å². The molecule has 1 aromatic carbocycles. The summed E-state index contributed by atoms with van der Waals surface area (Å²) in [6, 6.07) is 7.70. The first-order valence-electron chi connectivity index (χ1n) is 5.64. The monoisotopic (exact) mass is 247 g/mol. The second-order valence-electron chi connectivity index (χ2n) is 4.09. The van der Waals surface area contributed by atoms with Crippen LogP contribution in [-0.4, -0.2) is 17.4 Å². The maximum absolute atomic E-state index is 12.3. The summed E-state index contributed by atoms with van der Waals surface area (Å²) in [7, 11) is 1.64. The van der Waals surface area contributed by atoms with Gasteiger partial charge in [-0.15, -0.1) is 11.8 Å². The highest BCUT2D eigenvalue weighted by atomic mass is 32.2. The molecule has 3 nitrogen and oxygen atoms in total. The first kappa shape index (κ1) is 10.7. The Morgan fingerprint density at radius 3 is 3.06 bits per heavy atom. The molecular weight excluding hydrogens is 234 g/mol. The highest BCUT2D eigenvalue weighted by Gasteiger charge is 2.13. The number of thioether (sulfide) groups is 1. The van der Waals surface area contributed by atoms with Crippen molar-refractivity contribution in [2.75, 3.05) is 12.9 Å². The number of pyridine rings is 1. The number of hydrogen-bond donors (Lipinski definition) is 0. The van der Waals surface area contributed by atoms with Crippen LogP contribution in [0.15, 0.2) is 34.1 Å². The van der Waals surface area contributed by atoms with E-state index in [-0.39, 0.29) is 5.56 Å². The molecule has 88 valence electrons. The molecule has 1 aromatic heterocycles. The second-order valence-corrected chi connectivity index (χ2v) is 5.21. The smallest absolute Gasteiger partial charge is 0.259 e. The number of rotatable bonds is 1. The van der Waals surface area contributed by atoms with E-state index in [4.69, 9.17) is 4.74 Å². The summed E-state index contributed by atoms with van der Waals surface area (Å²) in [5.41, 5.74) is 0.118. The Morgan fingerprint density at radius 1 is 1.35 bits per heavy atom. The zero-order chi connectivity index (χ0) is 11.8. The van der Waals surface area contributed by atoms with Gasteiger partial charge >= 0.3 is 0 Å². The average Bonchev–Trinajstić information content (AvgIpc) is 2.38. The molecule has 0 saturated heterocycles. The largest absolute Gasteiger partial charge is 0.497 e. The van der Waals surface area contributed by atoms with Crippen LogP contribution in [0.2, 0.25) is 0 Å². The normalized spacial score (nSPS) is 14.6. The minimum absolute atomic E-state index is 0.118. The molecule has 0 fully saturated rings. The second kappa shape index (κ2) is 4.11. The summed E-state index contributed by atoms with van der Waals surface area (Å²) in [4.78, 5) is 12.3. The third-order valence-electron chi connectivity index (χ3n) is 3.06. The van der Waals surface area contributed by atoms with Crippen molar-refractivity contribution in [3.63, 3.8) is 0 Å². The van der Waals surface area contributed by atoms with E-state index in [0.717, 1.165) is 40.3 Å². The van der Waals surface area contributed by atoms with Crippen LogP contribution in [0.4, 0.5) is 0 Å². The quantitative estimate of drug-likeness (QED) is 0.776. The van der Waals surface area contributed by atoms with Crippen LogP contribution in [0.5, 0.6) is 5.75 Å². The molecule has 3 rings (SSSR count). The van der Waals surface area contributed by atoms with Gasteiger partial charge in [0.05, 0.1) is 12.1 Å². The molecule has 0 radical (unpaired) electrons. The lowest BCUT2D eigenvalue weighted by atomic mass is 10.1. The standard InChI is InChI=1S/C13H13NO2S/c1-16-10-3-4-11-9(7-10)8-12-14(13(11)15)5-2-6-17-12/h3-4,7-8H,2,5-6H2,1H3. The van der Waals surface area contributed by atoms with Gasteiger partial charge in [0, 0.05) is 17.7 Å². The van der Waals surface area contributed by atoms with Gasteiger partial charge in [0.2, 0.25) is 0 Å². The minimum Gasteiger partial charge on any atom is -0.497 e. The maximum Gasteiger partial charge on any atom is 0.259 e. The topological polar surface area (TPSA) is 31.2 Å². The van der Waals surface area contributed by atoms with Crippen LogP contribution in [0.1, 0.15) is 6.42 Å². The van der Waals surface area contributed by atoms with Crippen LogP contribution in [0.3, 0.4) is 0 Å². The number of ether oxygens (including phenoxy) is 1. The summed E-state index contributed by atoms with van der Waals surface area (Å²) in [6.45, 7) is 0.836. The van der Waals surface area contributed by atoms with E-state index in [2.05, 4.69) is 6.07 Å². The lowest BCUT2D eigenvalue weighted by molar-refractivity contribution is 0.415. The molecule has 0 amide bonds. The number of hydrogen-bond acceptors (Lipinski definition) is 3. The Hall–Kier alpha value is -1.42. The van der Waals surface area contributed by atoms with E-state index in [9.17, 15) is 4.79 Å². The molecule has 0 bridgehead atoms. The maximum atomic E-state index is 12.3. The van der Waals surface area contributed by atoms with Gasteiger partial charge in [0.1, 0.15) is 5.75 Å². The Balaban J connectivity index is 2.32. The molecule has 17 heavy (non-hydrogen) atoms. The van der Waals surface area contributed by atoms with Gasteiger partial charge in [-0.05, 0) is 36.1 Å². The van der Waals surface area contributed by atoms with E-state index in [1.807, 2.05) is 22.8 Å². The van der Waals surface area contributed by atoms with Crippen molar-refractivity contribution in [3.8, 4) is 5.75 Å². The average molecular weight is 247 g/mol. The van der Waals surface area contributed by atoms with Crippen LogP contribution >= 0.6 is 11.8 Å².